The number of nitriles is 1. The summed E-state index contributed by atoms with van der Waals surface area (Å²) in [5.41, 5.74) is 1.78. The first-order valence-corrected chi connectivity index (χ1v) is 3.50. The third-order valence-corrected chi connectivity index (χ3v) is 1.56. The van der Waals surface area contributed by atoms with E-state index in [2.05, 4.69) is 15.3 Å². The second kappa shape index (κ2) is 2.55. The zero-order chi connectivity index (χ0) is 8.39. The predicted octanol–water partition coefficient (Wildman–Crippen LogP) is 1.46. The highest BCUT2D eigenvalue weighted by Crippen LogP contribution is 2.12. The lowest BCUT2D eigenvalue weighted by Crippen LogP contribution is -1.87. The minimum absolute atomic E-state index is 0.485. The Morgan fingerprint density at radius 1 is 1.42 bits per heavy atom. The molecule has 0 unspecified atom stereocenters. The molecule has 0 atom stereocenters. The van der Waals surface area contributed by atoms with Crippen molar-refractivity contribution in [3.8, 4) is 6.19 Å². The van der Waals surface area contributed by atoms with E-state index in [1.54, 1.807) is 6.19 Å². The second-order valence-electron chi connectivity index (χ2n) is 2.34. The molecule has 0 aliphatic rings. The molecule has 2 rings (SSSR count). The van der Waals surface area contributed by atoms with E-state index in [1.165, 1.54) is 0 Å². The van der Waals surface area contributed by atoms with Crippen molar-refractivity contribution in [2.45, 2.75) is 0 Å². The number of aromatic amines is 1. The number of hydrogen-bond acceptors (Lipinski definition) is 3. The lowest BCUT2D eigenvalue weighted by atomic mass is 10.3. The third kappa shape index (κ3) is 0.974. The molecule has 4 nitrogen and oxygen atoms in total. The summed E-state index contributed by atoms with van der Waals surface area (Å²) in [6.07, 6.45) is 1.80. The summed E-state index contributed by atoms with van der Waals surface area (Å²) in [7, 11) is 0. The Hall–Kier alpha value is -2.02. The van der Waals surface area contributed by atoms with E-state index in [-0.39, 0.29) is 0 Å². The lowest BCUT2D eigenvalue weighted by Gasteiger charge is -1.83. The van der Waals surface area contributed by atoms with Gasteiger partial charge in [0.25, 0.3) is 0 Å². The minimum Gasteiger partial charge on any atom is -0.323 e. The summed E-state index contributed by atoms with van der Waals surface area (Å²) in [5.74, 6) is 0.485. The molecule has 0 radical (unpaired) electrons. The Bertz CT molecular complexity index is 404. The van der Waals surface area contributed by atoms with Crippen molar-refractivity contribution < 1.29 is 0 Å². The lowest BCUT2D eigenvalue weighted by molar-refractivity contribution is 1.31. The second-order valence-corrected chi connectivity index (χ2v) is 2.34. The Balaban J connectivity index is 2.56. The molecule has 2 aromatic rings. The van der Waals surface area contributed by atoms with Gasteiger partial charge in [0.1, 0.15) is 0 Å². The number of hydrogen-bond donors (Lipinski definition) is 2. The van der Waals surface area contributed by atoms with Gasteiger partial charge in [-0.2, -0.15) is 5.26 Å². The van der Waals surface area contributed by atoms with Gasteiger partial charge in [-0.3, -0.25) is 5.32 Å². The molecular formula is C8H6N4. The summed E-state index contributed by atoms with van der Waals surface area (Å²) in [6, 6.07) is 7.61. The monoisotopic (exact) mass is 158 g/mol. The number of benzene rings is 1. The van der Waals surface area contributed by atoms with Gasteiger partial charge in [-0.05, 0) is 12.1 Å². The minimum atomic E-state index is 0.485. The van der Waals surface area contributed by atoms with Crippen molar-refractivity contribution in [3.63, 3.8) is 0 Å². The van der Waals surface area contributed by atoms with Crippen LogP contribution >= 0.6 is 0 Å². The molecule has 0 saturated carbocycles. The Morgan fingerprint density at radius 3 is 3.00 bits per heavy atom. The van der Waals surface area contributed by atoms with Gasteiger partial charge < -0.3 is 4.98 Å². The van der Waals surface area contributed by atoms with Gasteiger partial charge in [0.2, 0.25) is 5.95 Å². The van der Waals surface area contributed by atoms with Crippen LogP contribution in [0.2, 0.25) is 0 Å². The summed E-state index contributed by atoms with van der Waals surface area (Å²) in [4.78, 5) is 7.07. The fourth-order valence-corrected chi connectivity index (χ4v) is 1.06. The number of fused-ring (bicyclic) bond motifs is 1. The Kier molecular flexibility index (Phi) is 1.42. The van der Waals surface area contributed by atoms with Gasteiger partial charge in [-0.25, -0.2) is 4.98 Å². The number of nitrogens with one attached hydrogen (secondary N) is 2. The average molecular weight is 158 g/mol. The first-order chi connectivity index (χ1) is 5.90. The highest BCUT2D eigenvalue weighted by Gasteiger charge is 1.98. The molecule has 4 heteroatoms. The van der Waals surface area contributed by atoms with Crippen molar-refractivity contribution in [2.75, 3.05) is 5.32 Å². The van der Waals surface area contributed by atoms with Gasteiger partial charge in [0, 0.05) is 0 Å². The van der Waals surface area contributed by atoms with Gasteiger partial charge in [0.05, 0.1) is 11.0 Å². The molecule has 2 N–H and O–H groups in total. The van der Waals surface area contributed by atoms with E-state index in [0.29, 0.717) is 5.95 Å². The van der Waals surface area contributed by atoms with Crippen molar-refractivity contribution in [2.24, 2.45) is 0 Å². The molecular weight excluding hydrogens is 152 g/mol. The predicted molar refractivity (Wildman–Crippen MR) is 45.3 cm³/mol. The maximum Gasteiger partial charge on any atom is 0.214 e. The van der Waals surface area contributed by atoms with Crippen LogP contribution in [0.1, 0.15) is 0 Å². The molecule has 0 saturated heterocycles. The topological polar surface area (TPSA) is 64.5 Å². The van der Waals surface area contributed by atoms with Crippen molar-refractivity contribution in [1.29, 1.82) is 5.26 Å². The van der Waals surface area contributed by atoms with E-state index >= 15 is 0 Å². The number of H-pyrrole nitrogens is 1. The summed E-state index contributed by atoms with van der Waals surface area (Å²) >= 11 is 0. The fraction of sp³-hybridized carbons (Fsp3) is 0. The number of anilines is 1. The number of imidazole rings is 1. The molecule has 1 heterocycles. The van der Waals surface area contributed by atoms with Gasteiger partial charge in [0.15, 0.2) is 6.19 Å². The van der Waals surface area contributed by atoms with Gasteiger partial charge >= 0.3 is 0 Å². The SMILES string of the molecule is N#CNc1nc2ccccc2[nH]1. The normalized spacial score (nSPS) is 9.58. The van der Waals surface area contributed by atoms with Crippen LogP contribution in [0.5, 0.6) is 0 Å². The molecule has 0 fully saturated rings. The highest BCUT2D eigenvalue weighted by atomic mass is 15.1. The summed E-state index contributed by atoms with van der Waals surface area (Å²) < 4.78 is 0. The van der Waals surface area contributed by atoms with Crippen molar-refractivity contribution in [3.05, 3.63) is 24.3 Å². The van der Waals surface area contributed by atoms with Crippen LogP contribution in [0.25, 0.3) is 11.0 Å². The van der Waals surface area contributed by atoms with Crippen molar-refractivity contribution >= 4 is 17.0 Å². The zero-order valence-corrected chi connectivity index (χ0v) is 6.20. The molecule has 1 aromatic carbocycles. The molecule has 0 aliphatic carbocycles. The van der Waals surface area contributed by atoms with E-state index in [0.717, 1.165) is 11.0 Å². The zero-order valence-electron chi connectivity index (χ0n) is 6.20. The smallest absolute Gasteiger partial charge is 0.214 e. The Morgan fingerprint density at radius 2 is 2.25 bits per heavy atom. The standard InChI is InChI=1S/C8H6N4/c9-5-10-8-11-6-3-1-2-4-7(6)12-8/h1-4H,(H2,10,11,12). The first kappa shape index (κ1) is 6.68. The van der Waals surface area contributed by atoms with Crippen molar-refractivity contribution in [1.82, 2.24) is 9.97 Å². The van der Waals surface area contributed by atoms with E-state index in [4.69, 9.17) is 5.26 Å². The fourth-order valence-electron chi connectivity index (χ4n) is 1.06. The summed E-state index contributed by atoms with van der Waals surface area (Å²) in [6.45, 7) is 0. The van der Waals surface area contributed by atoms with Crippen LogP contribution in [0, 0.1) is 11.5 Å². The molecule has 0 amide bonds. The van der Waals surface area contributed by atoms with Crippen LogP contribution < -0.4 is 5.32 Å². The molecule has 12 heavy (non-hydrogen) atoms. The summed E-state index contributed by atoms with van der Waals surface area (Å²) in [5, 5.41) is 10.8. The first-order valence-electron chi connectivity index (χ1n) is 3.50. The number of para-hydroxylation sites is 2. The van der Waals surface area contributed by atoms with Crippen LogP contribution in [0.4, 0.5) is 5.95 Å². The van der Waals surface area contributed by atoms with Crippen LogP contribution in [0.15, 0.2) is 24.3 Å². The van der Waals surface area contributed by atoms with E-state index < -0.39 is 0 Å². The molecule has 1 aromatic heterocycles. The molecule has 0 bridgehead atoms. The quantitative estimate of drug-likeness (QED) is 0.487. The Labute approximate surface area is 68.8 Å². The number of nitrogens with zero attached hydrogens (tertiary/aromatic N) is 2. The average Bonchev–Trinajstić information content (AvgIpc) is 2.47. The van der Waals surface area contributed by atoms with Crippen LogP contribution in [-0.2, 0) is 0 Å². The number of aromatic nitrogens is 2. The maximum atomic E-state index is 8.32. The maximum absolute atomic E-state index is 8.32. The molecule has 0 spiro atoms. The molecule has 0 aliphatic heterocycles. The van der Waals surface area contributed by atoms with E-state index in [9.17, 15) is 0 Å². The van der Waals surface area contributed by atoms with Crippen LogP contribution in [0.3, 0.4) is 0 Å². The third-order valence-electron chi connectivity index (χ3n) is 1.56. The van der Waals surface area contributed by atoms with Gasteiger partial charge in [-0.15, -0.1) is 0 Å². The van der Waals surface area contributed by atoms with Gasteiger partial charge in [-0.1, -0.05) is 12.1 Å². The molecule has 58 valence electrons. The highest BCUT2D eigenvalue weighted by molar-refractivity contribution is 5.77. The van der Waals surface area contributed by atoms with E-state index in [1.807, 2.05) is 24.3 Å². The number of rotatable bonds is 1. The largest absolute Gasteiger partial charge is 0.323 e. The van der Waals surface area contributed by atoms with Crippen LogP contribution in [-0.4, -0.2) is 9.97 Å².